The van der Waals surface area contributed by atoms with Gasteiger partial charge in [0.1, 0.15) is 5.82 Å². The Kier molecular flexibility index (Phi) is 5.97. The highest BCUT2D eigenvalue weighted by atomic mass is 16.5. The number of carbonyl (C=O) groups excluding carboxylic acids is 1. The third-order valence-electron chi connectivity index (χ3n) is 3.12. The summed E-state index contributed by atoms with van der Waals surface area (Å²) in [5.74, 6) is 1.52. The minimum atomic E-state index is -0.230. The first-order chi connectivity index (χ1) is 11.1. The van der Waals surface area contributed by atoms with Crippen molar-refractivity contribution in [1.29, 1.82) is 0 Å². The molecule has 2 rings (SSSR count). The molecule has 1 amide bonds. The monoisotopic (exact) mass is 314 g/mol. The lowest BCUT2D eigenvalue weighted by Gasteiger charge is -2.13. The number of hydrogen-bond acceptors (Lipinski definition) is 4. The van der Waals surface area contributed by atoms with E-state index in [1.54, 1.807) is 24.4 Å². The second-order valence-corrected chi connectivity index (χ2v) is 5.12. The van der Waals surface area contributed by atoms with Crippen molar-refractivity contribution in [2.75, 3.05) is 18.5 Å². The number of anilines is 1. The van der Waals surface area contributed by atoms with Gasteiger partial charge in [0.25, 0.3) is 5.91 Å². The molecule has 0 radical (unpaired) electrons. The van der Waals surface area contributed by atoms with E-state index in [1.165, 1.54) is 0 Å². The fourth-order valence-corrected chi connectivity index (χ4v) is 2.04. The number of nitrogens with one attached hydrogen (secondary N) is 1. The molecule has 0 bridgehead atoms. The summed E-state index contributed by atoms with van der Waals surface area (Å²) in [4.78, 5) is 16.5. The second-order valence-electron chi connectivity index (χ2n) is 5.12. The maximum Gasteiger partial charge on any atom is 0.256 e. The fraction of sp³-hybridized carbons (Fsp3) is 0.333. The number of ether oxygens (including phenoxy) is 2. The molecule has 0 fully saturated rings. The van der Waals surface area contributed by atoms with Gasteiger partial charge in [-0.15, -0.1) is 0 Å². The summed E-state index contributed by atoms with van der Waals surface area (Å²) in [6.07, 6.45) is 2.57. The Hall–Kier alpha value is -2.56. The van der Waals surface area contributed by atoms with Crippen LogP contribution in [0.4, 0.5) is 5.82 Å². The van der Waals surface area contributed by atoms with Crippen LogP contribution in [0.2, 0.25) is 0 Å². The number of benzene rings is 1. The van der Waals surface area contributed by atoms with Gasteiger partial charge in [-0.2, -0.15) is 0 Å². The first kappa shape index (κ1) is 16.8. The quantitative estimate of drug-likeness (QED) is 0.843. The molecule has 2 aromatic rings. The average Bonchev–Trinajstić information content (AvgIpc) is 2.54. The van der Waals surface area contributed by atoms with Crippen molar-refractivity contribution in [3.63, 3.8) is 0 Å². The van der Waals surface area contributed by atoms with E-state index < -0.39 is 0 Å². The molecule has 0 aliphatic rings. The van der Waals surface area contributed by atoms with Crippen molar-refractivity contribution in [2.24, 2.45) is 0 Å². The van der Waals surface area contributed by atoms with E-state index in [4.69, 9.17) is 9.47 Å². The van der Waals surface area contributed by atoms with Crippen molar-refractivity contribution < 1.29 is 14.3 Å². The van der Waals surface area contributed by atoms with Crippen LogP contribution in [-0.4, -0.2) is 24.1 Å². The van der Waals surface area contributed by atoms with Crippen molar-refractivity contribution in [1.82, 2.24) is 4.98 Å². The van der Waals surface area contributed by atoms with Crippen LogP contribution in [0.5, 0.6) is 11.5 Å². The Balaban J connectivity index is 2.17. The lowest BCUT2D eigenvalue weighted by atomic mass is 10.2. The Morgan fingerprint density at radius 3 is 2.65 bits per heavy atom. The summed E-state index contributed by atoms with van der Waals surface area (Å²) >= 11 is 0. The highest BCUT2D eigenvalue weighted by molar-refractivity contribution is 6.04. The predicted octanol–water partition coefficient (Wildman–Crippen LogP) is 3.83. The van der Waals surface area contributed by atoms with Crippen LogP contribution >= 0.6 is 0 Å². The number of hydrogen-bond donors (Lipinski definition) is 1. The molecule has 1 heterocycles. The Morgan fingerprint density at radius 2 is 1.96 bits per heavy atom. The molecule has 0 saturated heterocycles. The van der Waals surface area contributed by atoms with Crippen LogP contribution in [0.1, 0.15) is 36.2 Å². The second kappa shape index (κ2) is 8.17. The molecular weight excluding hydrogens is 292 g/mol. The largest absolute Gasteiger partial charge is 0.490 e. The number of carbonyl (C=O) groups is 1. The molecule has 5 heteroatoms. The van der Waals surface area contributed by atoms with Crippen molar-refractivity contribution in [3.8, 4) is 11.5 Å². The number of pyridine rings is 1. The van der Waals surface area contributed by atoms with Gasteiger partial charge in [-0.1, -0.05) is 6.92 Å². The van der Waals surface area contributed by atoms with Crippen LogP contribution < -0.4 is 14.8 Å². The third-order valence-corrected chi connectivity index (χ3v) is 3.12. The van der Waals surface area contributed by atoms with Crippen LogP contribution in [-0.2, 0) is 0 Å². The summed E-state index contributed by atoms with van der Waals surface area (Å²) in [5, 5.41) is 2.78. The van der Waals surface area contributed by atoms with Crippen LogP contribution in [0.25, 0.3) is 0 Å². The normalized spacial score (nSPS) is 10.2. The maximum atomic E-state index is 12.4. The van der Waals surface area contributed by atoms with Gasteiger partial charge in [-0.25, -0.2) is 4.98 Å². The summed E-state index contributed by atoms with van der Waals surface area (Å²) in [5.41, 5.74) is 1.54. The number of aromatic nitrogens is 1. The molecule has 0 spiro atoms. The first-order valence-corrected chi connectivity index (χ1v) is 7.77. The van der Waals surface area contributed by atoms with Crippen molar-refractivity contribution in [3.05, 3.63) is 47.7 Å². The molecule has 0 saturated carbocycles. The van der Waals surface area contributed by atoms with E-state index >= 15 is 0 Å². The molecule has 1 aromatic heterocycles. The van der Waals surface area contributed by atoms with E-state index in [2.05, 4.69) is 10.3 Å². The average molecular weight is 314 g/mol. The van der Waals surface area contributed by atoms with Gasteiger partial charge in [0.05, 0.1) is 13.2 Å². The number of rotatable bonds is 7. The van der Waals surface area contributed by atoms with Gasteiger partial charge in [-0.05, 0) is 56.2 Å². The van der Waals surface area contributed by atoms with E-state index in [1.807, 2.05) is 32.9 Å². The number of nitrogens with zero attached hydrogens (tertiary/aromatic N) is 1. The van der Waals surface area contributed by atoms with E-state index in [0.29, 0.717) is 36.1 Å². The lowest BCUT2D eigenvalue weighted by Crippen LogP contribution is -2.13. The van der Waals surface area contributed by atoms with Gasteiger partial charge in [-0.3, -0.25) is 4.79 Å². The fourth-order valence-electron chi connectivity index (χ4n) is 2.04. The predicted molar refractivity (Wildman–Crippen MR) is 90.3 cm³/mol. The first-order valence-electron chi connectivity index (χ1n) is 7.77. The van der Waals surface area contributed by atoms with Gasteiger partial charge in [0.2, 0.25) is 0 Å². The van der Waals surface area contributed by atoms with Crippen LogP contribution in [0.3, 0.4) is 0 Å². The van der Waals surface area contributed by atoms with Crippen molar-refractivity contribution in [2.45, 2.75) is 27.2 Å². The highest BCUT2D eigenvalue weighted by Gasteiger charge is 2.12. The van der Waals surface area contributed by atoms with Crippen LogP contribution in [0, 0.1) is 6.92 Å². The van der Waals surface area contributed by atoms with E-state index in [9.17, 15) is 4.79 Å². The Bertz CT molecular complexity index is 671. The Labute approximate surface area is 136 Å². The highest BCUT2D eigenvalue weighted by Crippen LogP contribution is 2.29. The molecule has 0 atom stereocenters. The molecule has 0 aliphatic carbocycles. The number of amides is 1. The molecule has 1 aromatic carbocycles. The smallest absolute Gasteiger partial charge is 0.256 e. The molecule has 122 valence electrons. The molecule has 0 unspecified atom stereocenters. The SMILES string of the molecule is CCCOc1ccc(C(=O)Nc2cc(C)ccn2)cc1OCC. The third kappa shape index (κ3) is 4.71. The zero-order valence-corrected chi connectivity index (χ0v) is 13.8. The summed E-state index contributed by atoms with van der Waals surface area (Å²) < 4.78 is 11.2. The molecule has 1 N–H and O–H groups in total. The summed E-state index contributed by atoms with van der Waals surface area (Å²) in [6, 6.07) is 8.88. The van der Waals surface area contributed by atoms with E-state index in [0.717, 1.165) is 12.0 Å². The molecule has 0 aliphatic heterocycles. The van der Waals surface area contributed by atoms with Gasteiger partial charge in [0.15, 0.2) is 11.5 Å². The van der Waals surface area contributed by atoms with Crippen LogP contribution in [0.15, 0.2) is 36.5 Å². The molecule has 23 heavy (non-hydrogen) atoms. The summed E-state index contributed by atoms with van der Waals surface area (Å²) in [7, 11) is 0. The maximum absolute atomic E-state index is 12.4. The minimum Gasteiger partial charge on any atom is -0.490 e. The standard InChI is InChI=1S/C18H22N2O3/c1-4-10-23-15-7-6-14(12-16(15)22-5-2)18(21)20-17-11-13(3)8-9-19-17/h6-9,11-12H,4-5,10H2,1-3H3,(H,19,20,21). The Morgan fingerprint density at radius 1 is 1.13 bits per heavy atom. The zero-order valence-electron chi connectivity index (χ0n) is 13.8. The zero-order chi connectivity index (χ0) is 16.7. The minimum absolute atomic E-state index is 0.230. The van der Waals surface area contributed by atoms with E-state index in [-0.39, 0.29) is 5.91 Å². The summed E-state index contributed by atoms with van der Waals surface area (Å²) in [6.45, 7) is 7.00. The molecule has 5 nitrogen and oxygen atoms in total. The molecular formula is C18H22N2O3. The number of aryl methyl sites for hydroxylation is 1. The van der Waals surface area contributed by atoms with Crippen molar-refractivity contribution >= 4 is 11.7 Å². The lowest BCUT2D eigenvalue weighted by molar-refractivity contribution is 0.102. The van der Waals surface area contributed by atoms with Gasteiger partial charge in [0, 0.05) is 11.8 Å². The topological polar surface area (TPSA) is 60.5 Å². The van der Waals surface area contributed by atoms with Gasteiger partial charge >= 0.3 is 0 Å². The van der Waals surface area contributed by atoms with Gasteiger partial charge < -0.3 is 14.8 Å².